The van der Waals surface area contributed by atoms with Crippen molar-refractivity contribution in [3.05, 3.63) is 36.0 Å². The van der Waals surface area contributed by atoms with Crippen LogP contribution in [0.5, 0.6) is 0 Å². The fourth-order valence-corrected chi connectivity index (χ4v) is 3.02. The number of fused-ring (bicyclic) bond motifs is 1. The zero-order valence-corrected chi connectivity index (χ0v) is 13.9. The van der Waals surface area contributed by atoms with E-state index in [0.717, 1.165) is 18.4 Å². The van der Waals surface area contributed by atoms with Crippen LogP contribution < -0.4 is 5.32 Å². The molecule has 0 aliphatic rings. The van der Waals surface area contributed by atoms with Crippen molar-refractivity contribution < 1.29 is 9.90 Å². The fraction of sp³-hybridized carbons (Fsp3) is 0.312. The van der Waals surface area contributed by atoms with Crippen molar-refractivity contribution in [2.75, 3.05) is 17.7 Å². The molecule has 1 amide bonds. The molecule has 2 aromatic heterocycles. The third-order valence-electron chi connectivity index (χ3n) is 3.57. The van der Waals surface area contributed by atoms with E-state index in [1.54, 1.807) is 0 Å². The van der Waals surface area contributed by atoms with Gasteiger partial charge in [0.2, 0.25) is 17.0 Å². The molecule has 0 saturated carbocycles. The molecule has 0 saturated heterocycles. The molecule has 0 aliphatic heterocycles. The van der Waals surface area contributed by atoms with Gasteiger partial charge >= 0.3 is 0 Å². The summed E-state index contributed by atoms with van der Waals surface area (Å²) in [7, 11) is 0. The second-order valence-corrected chi connectivity index (χ2v) is 6.36. The van der Waals surface area contributed by atoms with Gasteiger partial charge in [-0.1, -0.05) is 30.0 Å². The largest absolute Gasteiger partial charge is 0.396 e. The number of nitrogens with one attached hydrogen (secondary N) is 3. The van der Waals surface area contributed by atoms with Gasteiger partial charge in [0.25, 0.3) is 0 Å². The van der Waals surface area contributed by atoms with Crippen LogP contribution in [0.15, 0.2) is 35.6 Å². The summed E-state index contributed by atoms with van der Waals surface area (Å²) in [5.74, 6) is 0.771. The number of nitrogens with zero attached hydrogens (tertiary/aromatic N) is 2. The van der Waals surface area contributed by atoms with Crippen LogP contribution >= 0.6 is 11.8 Å². The number of amides is 1. The lowest BCUT2D eigenvalue weighted by atomic mass is 10.1. The predicted octanol–water partition coefficient (Wildman–Crippen LogP) is 2.33. The number of hydrogen-bond donors (Lipinski definition) is 4. The number of aromatic nitrogens is 4. The average molecular weight is 345 g/mol. The number of carbonyl (C=O) groups excluding carboxylic acids is 1. The monoisotopic (exact) mass is 345 g/mol. The first kappa shape index (κ1) is 16.5. The number of carbonyl (C=O) groups is 1. The molecule has 0 fully saturated rings. The number of thioether (sulfide) groups is 1. The van der Waals surface area contributed by atoms with Crippen LogP contribution in [0.25, 0.3) is 10.9 Å². The van der Waals surface area contributed by atoms with Gasteiger partial charge in [-0.15, -0.1) is 5.10 Å². The van der Waals surface area contributed by atoms with Crippen LogP contribution in [0.1, 0.15) is 18.4 Å². The van der Waals surface area contributed by atoms with Gasteiger partial charge in [-0.05, 0) is 24.5 Å². The Kier molecular flexibility index (Phi) is 5.50. The lowest BCUT2D eigenvalue weighted by Crippen LogP contribution is -2.12. The highest BCUT2D eigenvalue weighted by Gasteiger charge is 2.09. The third kappa shape index (κ3) is 4.15. The van der Waals surface area contributed by atoms with Gasteiger partial charge in [-0.25, -0.2) is 5.10 Å². The van der Waals surface area contributed by atoms with Gasteiger partial charge in [0.15, 0.2) is 0 Å². The van der Waals surface area contributed by atoms with Crippen LogP contribution in [-0.2, 0) is 11.2 Å². The van der Waals surface area contributed by atoms with Crippen LogP contribution in [0, 0.1) is 0 Å². The van der Waals surface area contributed by atoms with Crippen molar-refractivity contribution in [2.24, 2.45) is 0 Å². The topological polar surface area (TPSA) is 107 Å². The number of benzene rings is 1. The molecule has 8 heteroatoms. The van der Waals surface area contributed by atoms with E-state index < -0.39 is 0 Å². The second kappa shape index (κ2) is 7.98. The highest BCUT2D eigenvalue weighted by Crippen LogP contribution is 2.19. The van der Waals surface area contributed by atoms with E-state index in [1.165, 1.54) is 22.7 Å². The Bertz CT molecular complexity index is 814. The molecule has 0 bridgehead atoms. The van der Waals surface area contributed by atoms with Crippen LogP contribution in [0.3, 0.4) is 0 Å². The second-order valence-electron chi connectivity index (χ2n) is 5.30. The number of anilines is 1. The quantitative estimate of drug-likeness (QED) is 0.469. The normalized spacial score (nSPS) is 11.0. The molecular weight excluding hydrogens is 326 g/mol. The number of para-hydroxylation sites is 1. The zero-order valence-electron chi connectivity index (χ0n) is 13.1. The minimum absolute atomic E-state index is 0.0642. The Morgan fingerprint density at radius 2 is 2.21 bits per heavy atom. The molecule has 1 aromatic carbocycles. The molecule has 7 nitrogen and oxygen atoms in total. The maximum absolute atomic E-state index is 12.0. The van der Waals surface area contributed by atoms with Gasteiger partial charge in [-0.3, -0.25) is 10.1 Å². The van der Waals surface area contributed by atoms with E-state index in [4.69, 9.17) is 5.11 Å². The summed E-state index contributed by atoms with van der Waals surface area (Å²) < 4.78 is 0. The Balaban J connectivity index is 1.46. The molecule has 4 N–H and O–H groups in total. The van der Waals surface area contributed by atoms with Gasteiger partial charge in [-0.2, -0.15) is 4.98 Å². The first-order valence-electron chi connectivity index (χ1n) is 7.77. The van der Waals surface area contributed by atoms with E-state index in [0.29, 0.717) is 23.3 Å². The zero-order chi connectivity index (χ0) is 16.8. The molecule has 24 heavy (non-hydrogen) atoms. The van der Waals surface area contributed by atoms with Crippen molar-refractivity contribution >= 4 is 34.5 Å². The summed E-state index contributed by atoms with van der Waals surface area (Å²) >= 11 is 1.33. The van der Waals surface area contributed by atoms with E-state index in [2.05, 4.69) is 31.5 Å². The molecule has 0 radical (unpaired) electrons. The lowest BCUT2D eigenvalue weighted by molar-refractivity contribution is -0.116. The van der Waals surface area contributed by atoms with Crippen LogP contribution in [0.4, 0.5) is 5.95 Å². The molecule has 0 unspecified atom stereocenters. The van der Waals surface area contributed by atoms with Crippen molar-refractivity contribution in [2.45, 2.75) is 24.4 Å². The summed E-state index contributed by atoms with van der Waals surface area (Å²) in [5, 5.41) is 19.8. The third-order valence-corrected chi connectivity index (χ3v) is 4.40. The Morgan fingerprint density at radius 3 is 3.08 bits per heavy atom. The summed E-state index contributed by atoms with van der Waals surface area (Å²) in [6, 6.07) is 8.15. The van der Waals surface area contributed by atoms with Crippen molar-refractivity contribution in [1.82, 2.24) is 20.2 Å². The lowest BCUT2D eigenvalue weighted by Gasteiger charge is -2.01. The van der Waals surface area contributed by atoms with Crippen LogP contribution in [0.2, 0.25) is 0 Å². The van der Waals surface area contributed by atoms with Gasteiger partial charge in [0.1, 0.15) is 0 Å². The first-order chi connectivity index (χ1) is 11.8. The molecule has 0 spiro atoms. The Labute approximate surface area is 143 Å². The number of aliphatic hydroxyl groups excluding tert-OH is 1. The predicted molar refractivity (Wildman–Crippen MR) is 94.1 cm³/mol. The minimum atomic E-state index is -0.0929. The standard InChI is InChI=1S/C16H19N5O2S/c22-8-9-24-16-19-15(20-21-16)18-14(23)7-3-4-11-10-17-13-6-2-1-5-12(11)13/h1-2,5-6,10,17,22H,3-4,7-9H2,(H2,18,19,20,21,23). The summed E-state index contributed by atoms with van der Waals surface area (Å²) in [6.07, 6.45) is 4.02. The molecule has 0 atom stereocenters. The molecule has 2 heterocycles. The number of H-pyrrole nitrogens is 2. The summed E-state index contributed by atoms with van der Waals surface area (Å²) in [6.45, 7) is 0.0642. The minimum Gasteiger partial charge on any atom is -0.396 e. The van der Waals surface area contributed by atoms with Gasteiger partial charge in [0.05, 0.1) is 6.61 Å². The maximum atomic E-state index is 12.0. The molecule has 3 rings (SSSR count). The number of aliphatic hydroxyl groups is 1. The maximum Gasteiger partial charge on any atom is 0.226 e. The molecular formula is C16H19N5O2S. The van der Waals surface area contributed by atoms with E-state index in [-0.39, 0.29) is 12.5 Å². The summed E-state index contributed by atoms with van der Waals surface area (Å²) in [5.41, 5.74) is 2.34. The molecule has 126 valence electrons. The highest BCUT2D eigenvalue weighted by molar-refractivity contribution is 7.99. The molecule has 3 aromatic rings. The van der Waals surface area contributed by atoms with Gasteiger partial charge < -0.3 is 10.1 Å². The number of rotatable bonds is 8. The van der Waals surface area contributed by atoms with Crippen molar-refractivity contribution in [3.8, 4) is 0 Å². The van der Waals surface area contributed by atoms with Crippen molar-refractivity contribution in [1.29, 1.82) is 0 Å². The number of hydrogen-bond acceptors (Lipinski definition) is 5. The number of aryl methyl sites for hydroxylation is 1. The average Bonchev–Trinajstić information content (AvgIpc) is 3.20. The van der Waals surface area contributed by atoms with E-state index >= 15 is 0 Å². The number of aromatic amines is 2. The molecule has 0 aliphatic carbocycles. The SMILES string of the molecule is O=C(CCCc1c[nH]c2ccccc12)Nc1nc(SCCO)n[nH]1. The van der Waals surface area contributed by atoms with Gasteiger partial charge in [0, 0.05) is 29.3 Å². The smallest absolute Gasteiger partial charge is 0.226 e. The van der Waals surface area contributed by atoms with Crippen molar-refractivity contribution in [3.63, 3.8) is 0 Å². The fourth-order valence-electron chi connectivity index (χ4n) is 2.48. The first-order valence-corrected chi connectivity index (χ1v) is 8.75. The van der Waals surface area contributed by atoms with E-state index in [9.17, 15) is 4.79 Å². The van der Waals surface area contributed by atoms with E-state index in [1.807, 2.05) is 24.4 Å². The van der Waals surface area contributed by atoms with Crippen LogP contribution in [-0.4, -0.2) is 43.5 Å². The Morgan fingerprint density at radius 1 is 1.33 bits per heavy atom. The summed E-state index contributed by atoms with van der Waals surface area (Å²) in [4.78, 5) is 19.4. The highest BCUT2D eigenvalue weighted by atomic mass is 32.2. The Hall–Kier alpha value is -2.32.